The number of benzene rings is 3. The molecule has 3 aromatic carbocycles. The standard InChI is InChI=1S/C39H49ClN4O4Si/c1-39(2)16-15-29(33(24-39)28-9-11-30(40)12-10-28)26-42-17-19-43(20-18-42)31-13-14-32(38(45)46)37(23-31)48-36-8-6-7-35-34(36)25-41-44(35)27-47-21-22-49(3,4)5/h6-14,23,25H,15-22,24,26-27H2,1-5H3,(H,45,46). The zero-order valence-corrected chi connectivity index (χ0v) is 31.2. The van der Waals surface area contributed by atoms with Gasteiger partial charge in [-0.05, 0) is 78.3 Å². The minimum Gasteiger partial charge on any atom is -0.478 e. The molecule has 0 bridgehead atoms. The Kier molecular flexibility index (Phi) is 10.6. The van der Waals surface area contributed by atoms with Crippen LogP contribution in [0.4, 0.5) is 5.69 Å². The molecule has 2 aliphatic rings. The van der Waals surface area contributed by atoms with E-state index in [9.17, 15) is 9.90 Å². The third-order valence-electron chi connectivity index (χ3n) is 9.80. The van der Waals surface area contributed by atoms with Crippen LogP contribution in [0.3, 0.4) is 0 Å². The number of hydrogen-bond donors (Lipinski definition) is 1. The Bertz CT molecular complexity index is 1820. The van der Waals surface area contributed by atoms with Crippen LogP contribution in [0.15, 0.2) is 72.4 Å². The Morgan fingerprint density at radius 3 is 2.47 bits per heavy atom. The maximum atomic E-state index is 12.3. The molecule has 0 unspecified atom stereocenters. The zero-order chi connectivity index (χ0) is 34.8. The Morgan fingerprint density at radius 2 is 1.76 bits per heavy atom. The molecule has 8 nitrogen and oxygen atoms in total. The molecule has 1 saturated heterocycles. The molecule has 0 amide bonds. The molecule has 49 heavy (non-hydrogen) atoms. The van der Waals surface area contributed by atoms with Crippen LogP contribution in [0, 0.1) is 5.41 Å². The molecule has 10 heteroatoms. The second-order valence-corrected chi connectivity index (χ2v) is 21.5. The highest BCUT2D eigenvalue weighted by molar-refractivity contribution is 6.76. The van der Waals surface area contributed by atoms with Crippen molar-refractivity contribution in [2.75, 3.05) is 44.2 Å². The van der Waals surface area contributed by atoms with Gasteiger partial charge in [0, 0.05) is 64.2 Å². The second-order valence-electron chi connectivity index (χ2n) is 15.5. The van der Waals surface area contributed by atoms with Gasteiger partial charge in [0.2, 0.25) is 0 Å². The number of allylic oxidation sites excluding steroid dienone is 1. The minimum absolute atomic E-state index is 0.128. The number of carbonyl (C=O) groups is 1. The first-order chi connectivity index (χ1) is 23.3. The number of fused-ring (bicyclic) bond motifs is 1. The average Bonchev–Trinajstić information content (AvgIpc) is 3.48. The third kappa shape index (κ3) is 8.76. The molecule has 0 spiro atoms. The maximum Gasteiger partial charge on any atom is 0.339 e. The first-order valence-electron chi connectivity index (χ1n) is 17.4. The summed E-state index contributed by atoms with van der Waals surface area (Å²) in [5.74, 6) is -0.136. The zero-order valence-electron chi connectivity index (χ0n) is 29.5. The maximum absolute atomic E-state index is 12.3. The van der Waals surface area contributed by atoms with Crippen molar-refractivity contribution in [1.29, 1.82) is 0 Å². The molecule has 1 aromatic heterocycles. The van der Waals surface area contributed by atoms with E-state index in [1.54, 1.807) is 12.3 Å². The molecule has 0 saturated carbocycles. The van der Waals surface area contributed by atoms with Gasteiger partial charge in [-0.1, -0.05) is 68.9 Å². The van der Waals surface area contributed by atoms with Crippen LogP contribution in [0.5, 0.6) is 11.5 Å². The predicted molar refractivity (Wildman–Crippen MR) is 202 cm³/mol. The van der Waals surface area contributed by atoms with Crippen LogP contribution in [-0.4, -0.2) is 73.2 Å². The molecular weight excluding hydrogens is 652 g/mol. The molecule has 1 aliphatic heterocycles. The van der Waals surface area contributed by atoms with Gasteiger partial charge in [-0.2, -0.15) is 5.10 Å². The average molecular weight is 701 g/mol. The number of rotatable bonds is 12. The van der Waals surface area contributed by atoms with E-state index in [0.29, 0.717) is 24.8 Å². The van der Waals surface area contributed by atoms with E-state index in [1.165, 1.54) is 23.1 Å². The van der Waals surface area contributed by atoms with Crippen molar-refractivity contribution in [3.05, 3.63) is 88.6 Å². The highest BCUT2D eigenvalue weighted by Crippen LogP contribution is 2.43. The quantitative estimate of drug-likeness (QED) is 0.117. The van der Waals surface area contributed by atoms with Crippen molar-refractivity contribution in [2.24, 2.45) is 5.41 Å². The number of piperazine rings is 1. The van der Waals surface area contributed by atoms with Gasteiger partial charge in [0.1, 0.15) is 23.8 Å². The lowest BCUT2D eigenvalue weighted by Crippen LogP contribution is -2.47. The minimum atomic E-state index is -1.18. The number of carboxylic acid groups (broad SMARTS) is 1. The molecule has 4 aromatic rings. The van der Waals surface area contributed by atoms with E-state index >= 15 is 0 Å². The van der Waals surface area contributed by atoms with E-state index in [4.69, 9.17) is 21.1 Å². The fourth-order valence-electron chi connectivity index (χ4n) is 6.78. The molecule has 2 heterocycles. The van der Waals surface area contributed by atoms with Gasteiger partial charge in [0.15, 0.2) is 0 Å². The summed E-state index contributed by atoms with van der Waals surface area (Å²) in [6.07, 6.45) is 5.14. The highest BCUT2D eigenvalue weighted by Gasteiger charge is 2.29. The SMILES string of the molecule is CC1(C)CCC(CN2CCN(c3ccc(C(=O)O)c(Oc4cccc5c4cnn5COCC[Si](C)(C)C)c3)CC2)=C(c2ccc(Cl)cc2)C1. The molecule has 1 N–H and O–H groups in total. The van der Waals surface area contributed by atoms with Gasteiger partial charge in [-0.3, -0.25) is 4.90 Å². The number of ether oxygens (including phenoxy) is 2. The Balaban J connectivity index is 1.15. The van der Waals surface area contributed by atoms with Crippen LogP contribution < -0.4 is 9.64 Å². The number of aromatic carboxylic acids is 1. The van der Waals surface area contributed by atoms with Crippen LogP contribution in [-0.2, 0) is 11.5 Å². The molecule has 6 rings (SSSR count). The van der Waals surface area contributed by atoms with E-state index < -0.39 is 14.0 Å². The molecular formula is C39H49ClN4O4Si. The molecule has 1 aliphatic carbocycles. The molecule has 0 atom stereocenters. The van der Waals surface area contributed by atoms with Crippen LogP contribution in [0.2, 0.25) is 30.7 Å². The van der Waals surface area contributed by atoms with Crippen LogP contribution in [0.25, 0.3) is 16.5 Å². The largest absolute Gasteiger partial charge is 0.478 e. The van der Waals surface area contributed by atoms with Gasteiger partial charge in [0.05, 0.1) is 17.1 Å². The second kappa shape index (κ2) is 14.7. The van der Waals surface area contributed by atoms with Gasteiger partial charge < -0.3 is 19.5 Å². The number of aromatic nitrogens is 2. The summed E-state index contributed by atoms with van der Waals surface area (Å²) in [6.45, 7) is 17.3. The summed E-state index contributed by atoms with van der Waals surface area (Å²) in [6, 6.07) is 20.6. The first kappa shape index (κ1) is 35.2. The summed E-state index contributed by atoms with van der Waals surface area (Å²) in [5, 5.41) is 16.2. The van der Waals surface area contributed by atoms with Gasteiger partial charge >= 0.3 is 5.97 Å². The molecule has 1 fully saturated rings. The lowest BCUT2D eigenvalue weighted by Gasteiger charge is -2.39. The van der Waals surface area contributed by atoms with Crippen molar-refractivity contribution in [1.82, 2.24) is 14.7 Å². The van der Waals surface area contributed by atoms with E-state index in [2.05, 4.69) is 60.5 Å². The molecule has 260 valence electrons. The Morgan fingerprint density at radius 1 is 1.00 bits per heavy atom. The summed E-state index contributed by atoms with van der Waals surface area (Å²) in [5.41, 5.74) is 6.54. The van der Waals surface area contributed by atoms with Crippen LogP contribution >= 0.6 is 11.6 Å². The normalized spacial score (nSPS) is 17.1. The molecule has 0 radical (unpaired) electrons. The summed E-state index contributed by atoms with van der Waals surface area (Å²) in [7, 11) is -1.18. The lowest BCUT2D eigenvalue weighted by atomic mass is 9.72. The van der Waals surface area contributed by atoms with Crippen LogP contribution in [0.1, 0.15) is 49.0 Å². The summed E-state index contributed by atoms with van der Waals surface area (Å²) >= 11 is 6.22. The van der Waals surface area contributed by atoms with E-state index in [0.717, 1.165) is 73.2 Å². The van der Waals surface area contributed by atoms with Crippen molar-refractivity contribution in [3.8, 4) is 11.5 Å². The summed E-state index contributed by atoms with van der Waals surface area (Å²) < 4.78 is 14.1. The van der Waals surface area contributed by atoms with Crippen molar-refractivity contribution in [3.63, 3.8) is 0 Å². The van der Waals surface area contributed by atoms with Crippen molar-refractivity contribution >= 4 is 47.8 Å². The smallest absolute Gasteiger partial charge is 0.339 e. The van der Waals surface area contributed by atoms with Crippen molar-refractivity contribution < 1.29 is 19.4 Å². The number of anilines is 1. The predicted octanol–water partition coefficient (Wildman–Crippen LogP) is 9.28. The fourth-order valence-corrected chi connectivity index (χ4v) is 7.67. The summed E-state index contributed by atoms with van der Waals surface area (Å²) in [4.78, 5) is 17.1. The van der Waals surface area contributed by atoms with Crippen molar-refractivity contribution in [2.45, 2.75) is 65.5 Å². The monoisotopic (exact) mass is 700 g/mol. The number of nitrogens with zero attached hydrogens (tertiary/aromatic N) is 4. The van der Waals surface area contributed by atoms with Gasteiger partial charge in [0.25, 0.3) is 0 Å². The first-order valence-corrected chi connectivity index (χ1v) is 21.5. The highest BCUT2D eigenvalue weighted by atomic mass is 35.5. The number of halogens is 1. The Hall–Kier alpha value is -3.63. The van der Waals surface area contributed by atoms with Gasteiger partial charge in [-0.25, -0.2) is 9.48 Å². The Labute approximate surface area is 296 Å². The number of hydrogen-bond acceptors (Lipinski definition) is 6. The topological polar surface area (TPSA) is 80.1 Å². The van der Waals surface area contributed by atoms with E-state index in [-0.39, 0.29) is 11.0 Å². The van der Waals surface area contributed by atoms with Gasteiger partial charge in [-0.15, -0.1) is 0 Å². The third-order valence-corrected chi connectivity index (χ3v) is 11.8. The number of carboxylic acids is 1. The van der Waals surface area contributed by atoms with E-state index in [1.807, 2.05) is 47.1 Å². The lowest BCUT2D eigenvalue weighted by molar-refractivity contribution is 0.0694. The fraction of sp³-hybridized carbons (Fsp3) is 0.436.